The normalized spacial score (nSPS) is 10.5. The third-order valence-corrected chi connectivity index (χ3v) is 3.93. The smallest absolute Gasteiger partial charge is 0.148 e. The predicted octanol–water partition coefficient (Wildman–Crippen LogP) is 4.38. The Morgan fingerprint density at radius 3 is 2.22 bits per heavy atom. The van der Waals surface area contributed by atoms with Gasteiger partial charge >= 0.3 is 0 Å². The Hall–Kier alpha value is -4.01. The molecule has 0 saturated heterocycles. The molecule has 132 valence electrons. The van der Waals surface area contributed by atoms with Gasteiger partial charge in [0.05, 0.1) is 5.57 Å². The van der Waals surface area contributed by atoms with E-state index >= 15 is 0 Å². The summed E-state index contributed by atoms with van der Waals surface area (Å²) in [6.07, 6.45) is 1.21. The monoisotopic (exact) mass is 354 g/mol. The fourth-order valence-electron chi connectivity index (χ4n) is 2.51. The van der Waals surface area contributed by atoms with Crippen LogP contribution in [0.1, 0.15) is 17.2 Å². The molecule has 0 aliphatic carbocycles. The van der Waals surface area contributed by atoms with Crippen LogP contribution in [0.3, 0.4) is 0 Å². The van der Waals surface area contributed by atoms with Crippen molar-refractivity contribution in [2.45, 2.75) is 6.10 Å². The average molecular weight is 354 g/mol. The summed E-state index contributed by atoms with van der Waals surface area (Å²) in [5.74, 6) is 0.398. The van der Waals surface area contributed by atoms with Crippen LogP contribution < -0.4 is 9.64 Å². The topological polar surface area (TPSA) is 83.8 Å². The minimum atomic E-state index is -0.449. The van der Waals surface area contributed by atoms with E-state index in [2.05, 4.69) is 6.58 Å². The molecule has 0 saturated carbocycles. The molecule has 0 heterocycles. The zero-order valence-corrected chi connectivity index (χ0v) is 15.2. The van der Waals surface area contributed by atoms with Gasteiger partial charge in [0, 0.05) is 31.4 Å². The summed E-state index contributed by atoms with van der Waals surface area (Å²) in [5.41, 5.74) is 1.88. The first-order valence-corrected chi connectivity index (χ1v) is 8.16. The zero-order valence-electron chi connectivity index (χ0n) is 15.2. The van der Waals surface area contributed by atoms with Crippen LogP contribution in [0.2, 0.25) is 0 Å². The Bertz CT molecular complexity index is 970. The molecule has 2 aromatic rings. The molecule has 0 aliphatic rings. The lowest BCUT2D eigenvalue weighted by atomic mass is 10.00. The largest absolute Gasteiger partial charge is 0.481 e. The molecular formula is C22H18N4O. The number of hydrogen-bond donors (Lipinski definition) is 0. The summed E-state index contributed by atoms with van der Waals surface area (Å²) in [5, 5.41) is 27.9. The second-order valence-corrected chi connectivity index (χ2v) is 5.85. The molecule has 1 unspecified atom stereocenters. The number of anilines is 1. The molecule has 0 spiro atoms. The van der Waals surface area contributed by atoms with Crippen LogP contribution in [0.15, 0.2) is 66.8 Å². The van der Waals surface area contributed by atoms with E-state index in [-0.39, 0.29) is 11.1 Å². The van der Waals surface area contributed by atoms with Gasteiger partial charge in [0.15, 0.2) is 0 Å². The van der Waals surface area contributed by atoms with Gasteiger partial charge in [0.25, 0.3) is 0 Å². The highest BCUT2D eigenvalue weighted by Gasteiger charge is 2.18. The van der Waals surface area contributed by atoms with Crippen LogP contribution in [-0.2, 0) is 0 Å². The fourth-order valence-corrected chi connectivity index (χ4v) is 2.51. The second kappa shape index (κ2) is 8.90. The van der Waals surface area contributed by atoms with E-state index in [0.717, 1.165) is 11.3 Å². The van der Waals surface area contributed by atoms with E-state index in [9.17, 15) is 15.8 Å². The number of rotatable bonds is 6. The predicted molar refractivity (Wildman–Crippen MR) is 105 cm³/mol. The number of nitriles is 3. The van der Waals surface area contributed by atoms with Gasteiger partial charge in [-0.15, -0.1) is 0 Å². The fraction of sp³-hybridized carbons (Fsp3) is 0.136. The molecule has 0 N–H and O–H groups in total. The van der Waals surface area contributed by atoms with Crippen LogP contribution in [0, 0.1) is 34.0 Å². The summed E-state index contributed by atoms with van der Waals surface area (Å²) in [7, 11) is 3.77. The van der Waals surface area contributed by atoms with Gasteiger partial charge in [-0.05, 0) is 23.8 Å². The summed E-state index contributed by atoms with van der Waals surface area (Å²) < 4.78 is 6.14. The van der Waals surface area contributed by atoms with Crippen molar-refractivity contribution in [3.63, 3.8) is 0 Å². The minimum Gasteiger partial charge on any atom is -0.481 e. The Balaban J connectivity index is 2.63. The molecule has 5 nitrogen and oxygen atoms in total. The molecular weight excluding hydrogens is 336 g/mol. The number of nitrogens with zero attached hydrogens (tertiary/aromatic N) is 4. The summed E-state index contributed by atoms with van der Waals surface area (Å²) in [6.45, 7) is 3.84. The van der Waals surface area contributed by atoms with Crippen molar-refractivity contribution in [1.82, 2.24) is 0 Å². The molecule has 0 amide bonds. The number of allylic oxidation sites excluding steroid dienone is 2. The quantitative estimate of drug-likeness (QED) is 0.567. The van der Waals surface area contributed by atoms with Gasteiger partial charge in [-0.25, -0.2) is 0 Å². The summed E-state index contributed by atoms with van der Waals surface area (Å²) in [4.78, 5) is 1.90. The molecule has 1 atom stereocenters. The highest BCUT2D eigenvalue weighted by atomic mass is 16.5. The van der Waals surface area contributed by atoms with Gasteiger partial charge in [-0.2, -0.15) is 15.8 Å². The lowest BCUT2D eigenvalue weighted by molar-refractivity contribution is 0.255. The molecule has 0 fully saturated rings. The maximum atomic E-state index is 9.53. The first-order chi connectivity index (χ1) is 13.0. The van der Waals surface area contributed by atoms with Gasteiger partial charge in [-0.1, -0.05) is 36.9 Å². The molecule has 27 heavy (non-hydrogen) atoms. The summed E-state index contributed by atoms with van der Waals surface area (Å²) in [6, 6.07) is 20.3. The highest BCUT2D eigenvalue weighted by Crippen LogP contribution is 2.34. The van der Waals surface area contributed by atoms with Crippen LogP contribution in [-0.4, -0.2) is 14.1 Å². The SMILES string of the molecule is C=CC(Oc1cc(N(C)C)ccc1C(C#N)=C(C#N)C#N)c1ccccc1. The van der Waals surface area contributed by atoms with Crippen LogP contribution in [0.25, 0.3) is 5.57 Å². The van der Waals surface area contributed by atoms with Gasteiger partial charge in [0.2, 0.25) is 0 Å². The van der Waals surface area contributed by atoms with E-state index < -0.39 is 6.10 Å². The summed E-state index contributed by atoms with van der Waals surface area (Å²) >= 11 is 0. The van der Waals surface area contributed by atoms with Crippen molar-refractivity contribution in [3.05, 3.63) is 77.9 Å². The highest BCUT2D eigenvalue weighted by molar-refractivity contribution is 5.87. The van der Waals surface area contributed by atoms with E-state index in [4.69, 9.17) is 4.74 Å². The van der Waals surface area contributed by atoms with Crippen molar-refractivity contribution >= 4 is 11.3 Å². The number of benzene rings is 2. The van der Waals surface area contributed by atoms with Crippen molar-refractivity contribution in [3.8, 4) is 24.0 Å². The van der Waals surface area contributed by atoms with Gasteiger partial charge in [0.1, 0.15) is 35.6 Å². The van der Waals surface area contributed by atoms with E-state index in [0.29, 0.717) is 11.3 Å². The molecule has 2 aromatic carbocycles. The van der Waals surface area contributed by atoms with Crippen LogP contribution in [0.5, 0.6) is 5.75 Å². The van der Waals surface area contributed by atoms with E-state index in [1.54, 1.807) is 36.4 Å². The van der Waals surface area contributed by atoms with Crippen molar-refractivity contribution in [2.24, 2.45) is 0 Å². The van der Waals surface area contributed by atoms with E-state index in [1.165, 1.54) is 0 Å². The molecule has 0 bridgehead atoms. The lowest BCUT2D eigenvalue weighted by Crippen LogP contribution is -2.11. The van der Waals surface area contributed by atoms with Crippen molar-refractivity contribution in [2.75, 3.05) is 19.0 Å². The first kappa shape index (κ1) is 19.3. The minimum absolute atomic E-state index is 0.0174. The molecule has 0 aromatic heterocycles. The standard InChI is InChI=1S/C22H18N4O/c1-4-21(16-8-6-5-7-9-16)27-22-12-18(26(2)3)10-11-19(22)20(15-25)17(13-23)14-24/h4-12,21H,1H2,2-3H3. The van der Waals surface area contributed by atoms with Crippen molar-refractivity contribution < 1.29 is 4.74 Å². The van der Waals surface area contributed by atoms with E-state index in [1.807, 2.05) is 55.4 Å². The van der Waals surface area contributed by atoms with Gasteiger partial charge in [-0.3, -0.25) is 0 Å². The Labute approximate surface area is 159 Å². The first-order valence-electron chi connectivity index (χ1n) is 8.16. The van der Waals surface area contributed by atoms with Crippen LogP contribution in [0.4, 0.5) is 5.69 Å². The maximum Gasteiger partial charge on any atom is 0.148 e. The second-order valence-electron chi connectivity index (χ2n) is 5.85. The lowest BCUT2D eigenvalue weighted by Gasteiger charge is -2.21. The van der Waals surface area contributed by atoms with Gasteiger partial charge < -0.3 is 9.64 Å². The average Bonchev–Trinajstić information content (AvgIpc) is 2.70. The third kappa shape index (κ3) is 4.34. The molecule has 2 rings (SSSR count). The Kier molecular flexibility index (Phi) is 6.37. The zero-order chi connectivity index (χ0) is 19.8. The molecule has 0 radical (unpaired) electrons. The Morgan fingerprint density at radius 1 is 1.04 bits per heavy atom. The Morgan fingerprint density at radius 2 is 1.70 bits per heavy atom. The number of ether oxygens (including phenoxy) is 1. The third-order valence-electron chi connectivity index (χ3n) is 3.93. The number of hydrogen-bond acceptors (Lipinski definition) is 5. The molecule has 0 aliphatic heterocycles. The van der Waals surface area contributed by atoms with Crippen molar-refractivity contribution in [1.29, 1.82) is 15.8 Å². The molecule has 5 heteroatoms. The maximum absolute atomic E-state index is 9.53. The van der Waals surface area contributed by atoms with Crippen LogP contribution >= 0.6 is 0 Å².